The maximum Gasteiger partial charge on any atom is 0.275 e. The number of hydrogen-bond donors (Lipinski definition) is 1. The number of ether oxygens (including phenoxy) is 1. The number of rotatable bonds is 3. The van der Waals surface area contributed by atoms with E-state index >= 15 is 0 Å². The van der Waals surface area contributed by atoms with Crippen molar-refractivity contribution in [2.24, 2.45) is 0 Å². The molecule has 1 amide bonds. The van der Waals surface area contributed by atoms with Gasteiger partial charge in [-0.25, -0.2) is 4.98 Å². The molecule has 1 aromatic carbocycles. The van der Waals surface area contributed by atoms with Gasteiger partial charge in [-0.05, 0) is 24.3 Å². The highest BCUT2D eigenvalue weighted by atomic mass is 35.5. The van der Waals surface area contributed by atoms with Crippen molar-refractivity contribution >= 4 is 46.1 Å². The van der Waals surface area contributed by atoms with E-state index in [1.54, 1.807) is 28.9 Å². The number of anilines is 2. The van der Waals surface area contributed by atoms with E-state index in [4.69, 9.17) is 27.9 Å². The normalized spacial score (nSPS) is 14.6. The summed E-state index contributed by atoms with van der Waals surface area (Å²) in [4.78, 5) is 19.2. The topological polar surface area (TPSA) is 58.9 Å². The van der Waals surface area contributed by atoms with E-state index in [1.807, 2.05) is 18.2 Å². The average molecular weight is 391 g/mol. The summed E-state index contributed by atoms with van der Waals surface area (Å²) in [6, 6.07) is 8.96. The molecule has 1 aliphatic rings. The number of hydrogen-bond acceptors (Lipinski definition) is 4. The molecule has 1 fully saturated rings. The first kappa shape index (κ1) is 17.1. The van der Waals surface area contributed by atoms with E-state index in [1.165, 1.54) is 0 Å². The Balaban J connectivity index is 1.63. The van der Waals surface area contributed by atoms with Crippen molar-refractivity contribution in [2.45, 2.75) is 0 Å². The van der Waals surface area contributed by atoms with Gasteiger partial charge in [0.05, 0.1) is 34.6 Å². The zero-order chi connectivity index (χ0) is 18.1. The second kappa shape index (κ2) is 7.15. The average Bonchev–Trinajstić information content (AvgIpc) is 3.06. The predicted molar refractivity (Wildman–Crippen MR) is 103 cm³/mol. The number of carbonyl (C=O) groups excluding carboxylic acids is 1. The molecular weight excluding hydrogens is 375 g/mol. The number of para-hydroxylation sites is 1. The molecule has 0 aliphatic carbocycles. The van der Waals surface area contributed by atoms with Crippen LogP contribution in [0.4, 0.5) is 11.4 Å². The molecule has 0 spiro atoms. The van der Waals surface area contributed by atoms with Gasteiger partial charge in [-0.2, -0.15) is 0 Å². The molecule has 6 nitrogen and oxygen atoms in total. The molecule has 0 unspecified atom stereocenters. The smallest absolute Gasteiger partial charge is 0.275 e. The largest absolute Gasteiger partial charge is 0.378 e. The van der Waals surface area contributed by atoms with E-state index in [0.717, 1.165) is 18.8 Å². The highest BCUT2D eigenvalue weighted by Gasteiger charge is 2.20. The van der Waals surface area contributed by atoms with Crippen LogP contribution in [0.3, 0.4) is 0 Å². The van der Waals surface area contributed by atoms with E-state index in [9.17, 15) is 4.79 Å². The molecule has 4 rings (SSSR count). The summed E-state index contributed by atoms with van der Waals surface area (Å²) in [6.07, 6.45) is 3.36. The highest BCUT2D eigenvalue weighted by molar-refractivity contribution is 6.34. The van der Waals surface area contributed by atoms with Crippen LogP contribution in [0.2, 0.25) is 10.0 Å². The quantitative estimate of drug-likeness (QED) is 0.739. The first-order chi connectivity index (χ1) is 12.6. The monoisotopic (exact) mass is 390 g/mol. The lowest BCUT2D eigenvalue weighted by Gasteiger charge is -2.31. The predicted octanol–water partition coefficient (Wildman–Crippen LogP) is 3.73. The Hall–Kier alpha value is -2.28. The molecule has 134 valence electrons. The molecule has 0 radical (unpaired) electrons. The fraction of sp³-hybridized carbons (Fsp3) is 0.222. The standard InChI is InChI=1S/C18H16Cl2N4O2/c19-12-4-5-16-21-15(11-24(16)10-12)18(25)22-14-3-1-2-13(20)17(14)23-6-8-26-9-7-23/h1-5,10-11H,6-9H2,(H,22,25). The van der Waals surface area contributed by atoms with Gasteiger partial charge in [0, 0.05) is 25.5 Å². The van der Waals surface area contributed by atoms with Gasteiger partial charge in [0.25, 0.3) is 5.91 Å². The Morgan fingerprint density at radius 1 is 1.12 bits per heavy atom. The van der Waals surface area contributed by atoms with Gasteiger partial charge >= 0.3 is 0 Å². The Bertz CT molecular complexity index is 967. The minimum absolute atomic E-state index is 0.304. The van der Waals surface area contributed by atoms with Crippen molar-refractivity contribution < 1.29 is 9.53 Å². The van der Waals surface area contributed by atoms with Gasteiger partial charge in [-0.3, -0.25) is 4.79 Å². The number of nitrogens with zero attached hydrogens (tertiary/aromatic N) is 3. The maximum atomic E-state index is 12.7. The highest BCUT2D eigenvalue weighted by Crippen LogP contribution is 2.34. The Labute approximate surface area is 160 Å². The summed E-state index contributed by atoms with van der Waals surface area (Å²) in [6.45, 7) is 2.70. The number of amides is 1. The number of morpholine rings is 1. The fourth-order valence-corrected chi connectivity index (χ4v) is 3.45. The molecule has 0 saturated carbocycles. The molecule has 26 heavy (non-hydrogen) atoms. The summed E-state index contributed by atoms with van der Waals surface area (Å²) >= 11 is 12.4. The molecule has 3 aromatic rings. The summed E-state index contributed by atoms with van der Waals surface area (Å²) in [7, 11) is 0. The number of imidazole rings is 1. The molecule has 0 bridgehead atoms. The van der Waals surface area contributed by atoms with Gasteiger partial charge in [0.15, 0.2) is 0 Å². The fourth-order valence-electron chi connectivity index (χ4n) is 2.98. The van der Waals surface area contributed by atoms with Crippen LogP contribution < -0.4 is 10.2 Å². The van der Waals surface area contributed by atoms with Crippen LogP contribution in [0, 0.1) is 0 Å². The van der Waals surface area contributed by atoms with Crippen LogP contribution >= 0.6 is 23.2 Å². The zero-order valence-corrected chi connectivity index (χ0v) is 15.3. The van der Waals surface area contributed by atoms with Crippen LogP contribution in [0.15, 0.2) is 42.7 Å². The van der Waals surface area contributed by atoms with Crippen molar-refractivity contribution in [1.29, 1.82) is 0 Å². The molecule has 1 aliphatic heterocycles. The lowest BCUT2D eigenvalue weighted by Crippen LogP contribution is -2.37. The maximum absolute atomic E-state index is 12.7. The number of benzene rings is 1. The molecule has 8 heteroatoms. The van der Waals surface area contributed by atoms with E-state index < -0.39 is 0 Å². The van der Waals surface area contributed by atoms with Crippen LogP contribution in [0.25, 0.3) is 5.65 Å². The SMILES string of the molecule is O=C(Nc1cccc(Cl)c1N1CCOCC1)c1cn2cc(Cl)ccc2n1. The number of pyridine rings is 1. The van der Waals surface area contributed by atoms with Gasteiger partial charge in [-0.1, -0.05) is 29.3 Å². The van der Waals surface area contributed by atoms with Crippen LogP contribution in [0.5, 0.6) is 0 Å². The van der Waals surface area contributed by atoms with Crippen molar-refractivity contribution in [3.8, 4) is 0 Å². The minimum atomic E-state index is -0.304. The third-order valence-corrected chi connectivity index (χ3v) is 4.74. The molecule has 1 saturated heterocycles. The molecule has 2 aromatic heterocycles. The van der Waals surface area contributed by atoms with Crippen molar-refractivity contribution in [3.63, 3.8) is 0 Å². The third kappa shape index (κ3) is 3.35. The second-order valence-electron chi connectivity index (χ2n) is 5.93. The number of fused-ring (bicyclic) bond motifs is 1. The van der Waals surface area contributed by atoms with E-state index in [2.05, 4.69) is 15.2 Å². The second-order valence-corrected chi connectivity index (χ2v) is 6.77. The van der Waals surface area contributed by atoms with Crippen molar-refractivity contribution in [2.75, 3.05) is 36.5 Å². The first-order valence-electron chi connectivity index (χ1n) is 8.18. The van der Waals surface area contributed by atoms with E-state index in [-0.39, 0.29) is 5.91 Å². The van der Waals surface area contributed by atoms with Gasteiger partial charge in [0.1, 0.15) is 11.3 Å². The third-order valence-electron chi connectivity index (χ3n) is 4.21. The summed E-state index contributed by atoms with van der Waals surface area (Å²) in [5, 5.41) is 4.09. The summed E-state index contributed by atoms with van der Waals surface area (Å²) in [5.74, 6) is -0.304. The van der Waals surface area contributed by atoms with Crippen molar-refractivity contribution in [1.82, 2.24) is 9.38 Å². The minimum Gasteiger partial charge on any atom is -0.378 e. The van der Waals surface area contributed by atoms with Gasteiger partial charge in [0.2, 0.25) is 0 Å². The molecule has 0 atom stereocenters. The molecule has 1 N–H and O–H groups in total. The Morgan fingerprint density at radius 2 is 1.92 bits per heavy atom. The van der Waals surface area contributed by atoms with Crippen LogP contribution in [-0.2, 0) is 4.74 Å². The lowest BCUT2D eigenvalue weighted by molar-refractivity contribution is 0.102. The Kier molecular flexibility index (Phi) is 4.72. The van der Waals surface area contributed by atoms with Crippen molar-refractivity contribution in [3.05, 3.63) is 58.5 Å². The zero-order valence-electron chi connectivity index (χ0n) is 13.8. The number of carbonyl (C=O) groups is 1. The lowest BCUT2D eigenvalue weighted by atomic mass is 10.2. The first-order valence-corrected chi connectivity index (χ1v) is 8.94. The van der Waals surface area contributed by atoms with Gasteiger partial charge in [-0.15, -0.1) is 0 Å². The van der Waals surface area contributed by atoms with Gasteiger partial charge < -0.3 is 19.4 Å². The summed E-state index contributed by atoms with van der Waals surface area (Å²) < 4.78 is 7.12. The number of halogens is 2. The van der Waals surface area contributed by atoms with Crippen LogP contribution in [-0.4, -0.2) is 41.6 Å². The summed E-state index contributed by atoms with van der Waals surface area (Å²) in [5.41, 5.74) is 2.41. The number of aromatic nitrogens is 2. The Morgan fingerprint density at radius 3 is 2.73 bits per heavy atom. The van der Waals surface area contributed by atoms with Crippen LogP contribution in [0.1, 0.15) is 10.5 Å². The van der Waals surface area contributed by atoms with E-state index in [0.29, 0.717) is 40.3 Å². The molecule has 3 heterocycles. The molecular formula is C18H16Cl2N4O2. The number of nitrogens with one attached hydrogen (secondary N) is 1.